The molecule has 1 aromatic heterocycles. The molecule has 0 amide bonds. The smallest absolute Gasteiger partial charge is 0.339 e. The van der Waals surface area contributed by atoms with Gasteiger partial charge in [0.05, 0.1) is 36.6 Å². The molecule has 8 heteroatoms. The molecule has 0 unspecified atom stereocenters. The number of esters is 2. The molecule has 0 radical (unpaired) electrons. The van der Waals surface area contributed by atoms with Crippen LogP contribution >= 0.6 is 0 Å². The lowest BCUT2D eigenvalue weighted by atomic mass is 9.50. The third-order valence-corrected chi connectivity index (χ3v) is 9.62. The van der Waals surface area contributed by atoms with Crippen molar-refractivity contribution in [1.82, 2.24) is 0 Å². The van der Waals surface area contributed by atoms with Gasteiger partial charge in [0.2, 0.25) is 0 Å². The van der Waals surface area contributed by atoms with E-state index in [2.05, 4.69) is 19.1 Å². The normalized spacial score (nSPS) is 48.3. The molecule has 182 valence electrons. The Kier molecular flexibility index (Phi) is 4.15. The molecule has 1 aromatic rings. The van der Waals surface area contributed by atoms with Crippen LogP contribution in [-0.4, -0.2) is 47.2 Å². The van der Waals surface area contributed by atoms with E-state index < -0.39 is 57.8 Å². The largest absolute Gasteiger partial charge is 0.472 e. The number of rotatable bonds is 3. The number of allylic oxidation sites excluding steroid dienone is 1. The van der Waals surface area contributed by atoms with E-state index in [0.717, 1.165) is 5.56 Å². The van der Waals surface area contributed by atoms with Gasteiger partial charge in [-0.1, -0.05) is 26.0 Å². The highest BCUT2D eigenvalue weighted by molar-refractivity contribution is 5.88. The Balaban J connectivity index is 1.46. The first kappa shape index (κ1) is 22.0. The van der Waals surface area contributed by atoms with Crippen LogP contribution in [0.3, 0.4) is 0 Å². The van der Waals surface area contributed by atoms with Crippen molar-refractivity contribution in [2.75, 3.05) is 0 Å². The summed E-state index contributed by atoms with van der Waals surface area (Å²) in [6, 6.07) is 1.81. The van der Waals surface area contributed by atoms with Gasteiger partial charge in [0.25, 0.3) is 0 Å². The first-order valence-corrected chi connectivity index (χ1v) is 11.9. The molecule has 4 aliphatic heterocycles. The van der Waals surface area contributed by atoms with E-state index in [0.29, 0.717) is 12.8 Å². The van der Waals surface area contributed by atoms with Gasteiger partial charge in [0, 0.05) is 16.4 Å². The molecular formula is C26H30O8. The summed E-state index contributed by atoms with van der Waals surface area (Å²) in [5.74, 6) is -0.837. The van der Waals surface area contributed by atoms with Gasteiger partial charge < -0.3 is 23.4 Å². The Morgan fingerprint density at radius 1 is 1.09 bits per heavy atom. The van der Waals surface area contributed by atoms with Crippen molar-refractivity contribution in [3.05, 3.63) is 36.3 Å². The molecule has 8 atom stereocenters. The number of Topliss-reactive ketones (excluding diaryl/α,β-unsaturated/α-hetero) is 1. The second kappa shape index (κ2) is 6.40. The van der Waals surface area contributed by atoms with Gasteiger partial charge in [-0.2, -0.15) is 0 Å². The van der Waals surface area contributed by atoms with Crippen LogP contribution in [0.2, 0.25) is 0 Å². The van der Waals surface area contributed by atoms with E-state index in [4.69, 9.17) is 23.4 Å². The topological polar surface area (TPSA) is 105 Å². The van der Waals surface area contributed by atoms with Gasteiger partial charge in [-0.3, -0.25) is 9.59 Å². The minimum Gasteiger partial charge on any atom is -0.472 e. The first-order chi connectivity index (χ1) is 15.9. The SMILES string of the molecule is CC(=O)[C@@]12C[C@@H]([C@@]3(C)C=CC[C@@]4(C)[C@H](c5ccoc5)OC(=O)[C@H]5O[C@]543)O[C@@H]1CC(=O)OC2(C)C. The van der Waals surface area contributed by atoms with E-state index in [1.165, 1.54) is 0 Å². The standard InChI is InChI=1S/C26H30O8/c1-14(27)25-12-17(31-16(25)11-18(28)33-22(25,2)3)23(4)8-6-9-24(5)19(15-7-10-30-13-15)32-21(29)20-26(23,24)34-20/h6-8,10,13,16-17,19-20H,9,11-12H2,1-5H3/t16-,17+,19+,20-,23-,24+,25+,26+/m1/s1. The zero-order chi connectivity index (χ0) is 24.3. The van der Waals surface area contributed by atoms with E-state index >= 15 is 0 Å². The fourth-order valence-corrected chi connectivity index (χ4v) is 7.82. The number of cyclic esters (lactones) is 2. The number of epoxide rings is 1. The number of hydrogen-bond donors (Lipinski definition) is 0. The quantitative estimate of drug-likeness (QED) is 0.376. The fraction of sp³-hybridized carbons (Fsp3) is 0.654. The van der Waals surface area contributed by atoms with Crippen LogP contribution in [0.4, 0.5) is 0 Å². The Morgan fingerprint density at radius 3 is 2.53 bits per heavy atom. The summed E-state index contributed by atoms with van der Waals surface area (Å²) in [4.78, 5) is 38.6. The molecule has 8 nitrogen and oxygen atoms in total. The summed E-state index contributed by atoms with van der Waals surface area (Å²) in [6.07, 6.45) is 6.04. The zero-order valence-corrected chi connectivity index (χ0v) is 20.1. The molecule has 5 heterocycles. The van der Waals surface area contributed by atoms with Crippen LogP contribution in [0.15, 0.2) is 35.2 Å². The van der Waals surface area contributed by atoms with Crippen LogP contribution in [-0.2, 0) is 33.3 Å². The first-order valence-electron chi connectivity index (χ1n) is 11.9. The summed E-state index contributed by atoms with van der Waals surface area (Å²) >= 11 is 0. The third kappa shape index (κ3) is 2.29. The molecular weight excluding hydrogens is 440 g/mol. The van der Waals surface area contributed by atoms with Crippen molar-refractivity contribution in [2.24, 2.45) is 16.2 Å². The van der Waals surface area contributed by atoms with Crippen molar-refractivity contribution < 1.29 is 37.7 Å². The predicted octanol–water partition coefficient (Wildman–Crippen LogP) is 3.45. The Morgan fingerprint density at radius 2 is 1.85 bits per heavy atom. The number of ether oxygens (including phenoxy) is 4. The lowest BCUT2D eigenvalue weighted by Crippen LogP contribution is -2.62. The number of ketones is 1. The summed E-state index contributed by atoms with van der Waals surface area (Å²) < 4.78 is 29.8. The van der Waals surface area contributed by atoms with Crippen molar-refractivity contribution in [1.29, 1.82) is 0 Å². The maximum absolute atomic E-state index is 13.1. The van der Waals surface area contributed by atoms with Crippen LogP contribution < -0.4 is 0 Å². The van der Waals surface area contributed by atoms with Crippen molar-refractivity contribution in [3.8, 4) is 0 Å². The van der Waals surface area contributed by atoms with Gasteiger partial charge >= 0.3 is 11.9 Å². The fourth-order valence-electron chi connectivity index (χ4n) is 7.82. The number of carbonyl (C=O) groups is 3. The molecule has 6 rings (SSSR count). The average Bonchev–Trinajstić information content (AvgIpc) is 3.11. The van der Waals surface area contributed by atoms with Crippen molar-refractivity contribution in [2.45, 2.75) is 89.5 Å². The Bertz CT molecular complexity index is 1120. The van der Waals surface area contributed by atoms with E-state index in [-0.39, 0.29) is 18.2 Å². The Labute approximate surface area is 197 Å². The van der Waals surface area contributed by atoms with Crippen LogP contribution in [0, 0.1) is 16.2 Å². The highest BCUT2D eigenvalue weighted by atomic mass is 16.7. The summed E-state index contributed by atoms with van der Waals surface area (Å²) in [5.41, 5.74) is -3.42. The maximum Gasteiger partial charge on any atom is 0.339 e. The lowest BCUT2D eigenvalue weighted by Gasteiger charge is -2.54. The number of carbonyl (C=O) groups excluding carboxylic acids is 3. The summed E-state index contributed by atoms with van der Waals surface area (Å²) in [6.45, 7) is 9.24. The van der Waals surface area contributed by atoms with Crippen molar-refractivity contribution >= 4 is 17.7 Å². The molecule has 1 spiro atoms. The average molecular weight is 471 g/mol. The third-order valence-electron chi connectivity index (χ3n) is 9.62. The lowest BCUT2D eigenvalue weighted by molar-refractivity contribution is -0.201. The molecule has 34 heavy (non-hydrogen) atoms. The molecule has 0 bridgehead atoms. The molecule has 1 aliphatic carbocycles. The summed E-state index contributed by atoms with van der Waals surface area (Å²) in [5, 5.41) is 0. The predicted molar refractivity (Wildman–Crippen MR) is 116 cm³/mol. The maximum atomic E-state index is 13.1. The molecule has 5 aliphatic rings. The van der Waals surface area contributed by atoms with Gasteiger partial charge in [0.15, 0.2) is 6.10 Å². The molecule has 0 N–H and O–H groups in total. The van der Waals surface area contributed by atoms with E-state index in [1.807, 2.05) is 13.0 Å². The highest BCUT2D eigenvalue weighted by Gasteiger charge is 2.85. The van der Waals surface area contributed by atoms with Crippen LogP contribution in [0.25, 0.3) is 0 Å². The van der Waals surface area contributed by atoms with Gasteiger partial charge in [-0.15, -0.1) is 0 Å². The second-order valence-electron chi connectivity index (χ2n) is 11.4. The molecule has 4 fully saturated rings. The second-order valence-corrected chi connectivity index (χ2v) is 11.4. The Hall–Kier alpha value is -2.45. The monoisotopic (exact) mass is 470 g/mol. The molecule has 0 saturated carbocycles. The highest BCUT2D eigenvalue weighted by Crippen LogP contribution is 2.74. The zero-order valence-electron chi connectivity index (χ0n) is 20.1. The number of fused-ring (bicyclic) bond motifs is 1. The van der Waals surface area contributed by atoms with Gasteiger partial charge in [0.1, 0.15) is 23.1 Å². The van der Waals surface area contributed by atoms with Crippen molar-refractivity contribution in [3.63, 3.8) is 0 Å². The minimum atomic E-state index is -1.02. The van der Waals surface area contributed by atoms with E-state index in [9.17, 15) is 14.4 Å². The molecule has 0 aromatic carbocycles. The van der Waals surface area contributed by atoms with Crippen LogP contribution in [0.1, 0.15) is 65.5 Å². The number of furan rings is 1. The number of hydrogen-bond acceptors (Lipinski definition) is 8. The van der Waals surface area contributed by atoms with Gasteiger partial charge in [-0.25, -0.2) is 4.79 Å². The van der Waals surface area contributed by atoms with Gasteiger partial charge in [-0.05, 0) is 39.7 Å². The minimum absolute atomic E-state index is 0.0214. The molecule has 4 saturated heterocycles. The van der Waals surface area contributed by atoms with E-state index in [1.54, 1.807) is 33.3 Å². The van der Waals surface area contributed by atoms with Crippen LogP contribution in [0.5, 0.6) is 0 Å². The summed E-state index contributed by atoms with van der Waals surface area (Å²) in [7, 11) is 0.